The van der Waals surface area contributed by atoms with Gasteiger partial charge in [-0.25, -0.2) is 9.80 Å². The number of hydrogen-bond donors (Lipinski definition) is 1. The Bertz CT molecular complexity index is 632. The molecule has 23 heavy (non-hydrogen) atoms. The van der Waals surface area contributed by atoms with E-state index in [9.17, 15) is 9.59 Å². The molecule has 6 heteroatoms. The lowest BCUT2D eigenvalue weighted by atomic mass is 9.93. The molecule has 0 spiro atoms. The van der Waals surface area contributed by atoms with Crippen LogP contribution in [0.1, 0.15) is 48.1 Å². The number of carboxylic acids is 1. The summed E-state index contributed by atoms with van der Waals surface area (Å²) in [6.45, 7) is 3.36. The average molecular weight is 316 g/mol. The molecule has 2 aliphatic rings. The van der Waals surface area contributed by atoms with Crippen LogP contribution in [0.15, 0.2) is 29.4 Å². The number of benzene rings is 1. The first-order chi connectivity index (χ1) is 11.1. The summed E-state index contributed by atoms with van der Waals surface area (Å²) in [4.78, 5) is 23.2. The molecule has 2 heterocycles. The van der Waals surface area contributed by atoms with Gasteiger partial charge in [-0.2, -0.15) is 5.10 Å². The van der Waals surface area contributed by atoms with E-state index in [1.54, 1.807) is 24.3 Å². The van der Waals surface area contributed by atoms with Gasteiger partial charge in [0.15, 0.2) is 0 Å². The molecule has 1 unspecified atom stereocenters. The highest BCUT2D eigenvalue weighted by atomic mass is 16.5. The standard InChI is InChI=1S/C17H20N2O4/c1-11(12-2-4-14(5-3-12)17(21)22)19-16(20)10-15(18-19)13-6-8-23-9-7-13/h2-5,11,13H,6-10H2,1H3,(H,21,22). The zero-order chi connectivity index (χ0) is 16.4. The van der Waals surface area contributed by atoms with Crippen LogP contribution in [0.5, 0.6) is 0 Å². The van der Waals surface area contributed by atoms with Crippen LogP contribution in [-0.4, -0.2) is 40.9 Å². The summed E-state index contributed by atoms with van der Waals surface area (Å²) >= 11 is 0. The molecule has 0 aromatic heterocycles. The molecule has 122 valence electrons. The lowest BCUT2D eigenvalue weighted by Crippen LogP contribution is -2.24. The van der Waals surface area contributed by atoms with E-state index in [0.717, 1.165) is 37.3 Å². The molecule has 3 rings (SSSR count). The molecule has 1 aromatic carbocycles. The third-order valence-corrected chi connectivity index (χ3v) is 4.52. The van der Waals surface area contributed by atoms with Gasteiger partial charge < -0.3 is 9.84 Å². The number of hydrogen-bond acceptors (Lipinski definition) is 4. The molecule has 1 aromatic rings. The van der Waals surface area contributed by atoms with Crippen molar-refractivity contribution in [3.63, 3.8) is 0 Å². The van der Waals surface area contributed by atoms with Gasteiger partial charge in [0.05, 0.1) is 23.7 Å². The molecule has 1 atom stereocenters. The van der Waals surface area contributed by atoms with Crippen molar-refractivity contribution < 1.29 is 19.4 Å². The molecule has 1 amide bonds. The van der Waals surface area contributed by atoms with Crippen LogP contribution in [0.2, 0.25) is 0 Å². The van der Waals surface area contributed by atoms with Gasteiger partial charge >= 0.3 is 5.97 Å². The first-order valence-corrected chi connectivity index (χ1v) is 7.86. The lowest BCUT2D eigenvalue weighted by molar-refractivity contribution is -0.130. The van der Waals surface area contributed by atoms with Gasteiger partial charge in [0, 0.05) is 19.1 Å². The van der Waals surface area contributed by atoms with Gasteiger partial charge in [-0.3, -0.25) is 4.79 Å². The Kier molecular flexibility index (Phi) is 4.43. The zero-order valence-electron chi connectivity index (χ0n) is 13.1. The average Bonchev–Trinajstić information content (AvgIpc) is 2.97. The normalized spacial score (nSPS) is 20.5. The fraction of sp³-hybridized carbons (Fsp3) is 0.471. The van der Waals surface area contributed by atoms with Crippen molar-refractivity contribution in [2.45, 2.75) is 32.2 Å². The van der Waals surface area contributed by atoms with Crippen LogP contribution >= 0.6 is 0 Å². The van der Waals surface area contributed by atoms with E-state index in [1.807, 2.05) is 6.92 Å². The fourth-order valence-electron chi connectivity index (χ4n) is 3.07. The van der Waals surface area contributed by atoms with E-state index in [0.29, 0.717) is 12.3 Å². The van der Waals surface area contributed by atoms with Crippen molar-refractivity contribution in [1.29, 1.82) is 0 Å². The maximum Gasteiger partial charge on any atom is 0.335 e. The summed E-state index contributed by atoms with van der Waals surface area (Å²) in [7, 11) is 0. The molecule has 0 bridgehead atoms. The number of carbonyl (C=O) groups is 2. The number of aromatic carboxylic acids is 1. The second kappa shape index (κ2) is 6.50. The quantitative estimate of drug-likeness (QED) is 0.925. The minimum absolute atomic E-state index is 0.00121. The van der Waals surface area contributed by atoms with Crippen molar-refractivity contribution in [3.8, 4) is 0 Å². The Morgan fingerprint density at radius 2 is 1.96 bits per heavy atom. The van der Waals surface area contributed by atoms with Gasteiger partial charge in [0.2, 0.25) is 5.91 Å². The first kappa shape index (κ1) is 15.7. The molecular weight excluding hydrogens is 296 g/mol. The van der Waals surface area contributed by atoms with Crippen molar-refractivity contribution in [2.75, 3.05) is 13.2 Å². The molecule has 6 nitrogen and oxygen atoms in total. The molecular formula is C17H20N2O4. The number of rotatable bonds is 4. The Balaban J connectivity index is 1.75. The molecule has 0 aliphatic carbocycles. The third-order valence-electron chi connectivity index (χ3n) is 4.52. The zero-order valence-corrected chi connectivity index (χ0v) is 13.1. The Labute approximate surface area is 134 Å². The summed E-state index contributed by atoms with van der Waals surface area (Å²) in [5.74, 6) is -0.623. The predicted molar refractivity (Wildman–Crippen MR) is 84.3 cm³/mol. The lowest BCUT2D eigenvalue weighted by Gasteiger charge is -2.22. The summed E-state index contributed by atoms with van der Waals surface area (Å²) in [5, 5.41) is 15.0. The van der Waals surface area contributed by atoms with Gasteiger partial charge in [0.1, 0.15) is 0 Å². The summed E-state index contributed by atoms with van der Waals surface area (Å²) in [6, 6.07) is 6.38. The van der Waals surface area contributed by atoms with E-state index in [4.69, 9.17) is 9.84 Å². The van der Waals surface area contributed by atoms with E-state index in [1.165, 1.54) is 5.01 Å². The third kappa shape index (κ3) is 3.27. The minimum Gasteiger partial charge on any atom is -0.478 e. The van der Waals surface area contributed by atoms with Crippen LogP contribution in [0.25, 0.3) is 0 Å². The molecule has 2 aliphatic heterocycles. The van der Waals surface area contributed by atoms with Crippen LogP contribution in [-0.2, 0) is 9.53 Å². The number of carboxylic acid groups (broad SMARTS) is 1. The van der Waals surface area contributed by atoms with Crippen LogP contribution in [0.3, 0.4) is 0 Å². The first-order valence-electron chi connectivity index (χ1n) is 7.86. The maximum absolute atomic E-state index is 12.3. The van der Waals surface area contributed by atoms with Gasteiger partial charge in [0.25, 0.3) is 0 Å². The summed E-state index contributed by atoms with van der Waals surface area (Å²) < 4.78 is 5.36. The van der Waals surface area contributed by atoms with Crippen molar-refractivity contribution in [1.82, 2.24) is 5.01 Å². The number of nitrogens with zero attached hydrogens (tertiary/aromatic N) is 2. The summed E-state index contributed by atoms with van der Waals surface area (Å²) in [5.41, 5.74) is 2.06. The van der Waals surface area contributed by atoms with Crippen molar-refractivity contribution in [3.05, 3.63) is 35.4 Å². The van der Waals surface area contributed by atoms with Crippen LogP contribution < -0.4 is 0 Å². The minimum atomic E-state index is -0.957. The summed E-state index contributed by atoms with van der Waals surface area (Å²) in [6.07, 6.45) is 2.21. The SMILES string of the molecule is CC(c1ccc(C(=O)O)cc1)N1N=C(C2CCOCC2)CC1=O. The Morgan fingerprint density at radius 3 is 2.57 bits per heavy atom. The van der Waals surface area contributed by atoms with Gasteiger partial charge in [-0.1, -0.05) is 12.1 Å². The Hall–Kier alpha value is -2.21. The number of hydrazone groups is 1. The fourth-order valence-corrected chi connectivity index (χ4v) is 3.07. The van der Waals surface area contributed by atoms with E-state index in [2.05, 4.69) is 5.10 Å². The topological polar surface area (TPSA) is 79.2 Å². The van der Waals surface area contributed by atoms with Crippen LogP contribution in [0, 0.1) is 5.92 Å². The van der Waals surface area contributed by atoms with E-state index in [-0.39, 0.29) is 17.5 Å². The highest BCUT2D eigenvalue weighted by molar-refractivity contribution is 6.06. The predicted octanol–water partition coefficient (Wildman–Crippen LogP) is 2.46. The van der Waals surface area contributed by atoms with E-state index >= 15 is 0 Å². The number of carbonyl (C=O) groups excluding carboxylic acids is 1. The van der Waals surface area contributed by atoms with Gasteiger partial charge in [-0.05, 0) is 37.5 Å². The molecule has 0 saturated carbocycles. The van der Waals surface area contributed by atoms with Crippen molar-refractivity contribution >= 4 is 17.6 Å². The van der Waals surface area contributed by atoms with Gasteiger partial charge in [-0.15, -0.1) is 0 Å². The molecule has 1 N–H and O–H groups in total. The van der Waals surface area contributed by atoms with E-state index < -0.39 is 5.97 Å². The highest BCUT2D eigenvalue weighted by Gasteiger charge is 2.33. The second-order valence-electron chi connectivity index (χ2n) is 6.00. The molecule has 1 fully saturated rings. The van der Waals surface area contributed by atoms with Crippen LogP contribution in [0.4, 0.5) is 0 Å². The smallest absolute Gasteiger partial charge is 0.335 e. The van der Waals surface area contributed by atoms with Crippen molar-refractivity contribution in [2.24, 2.45) is 11.0 Å². The monoisotopic (exact) mass is 316 g/mol. The maximum atomic E-state index is 12.3. The largest absolute Gasteiger partial charge is 0.478 e. The molecule has 1 saturated heterocycles. The molecule has 0 radical (unpaired) electrons. The number of ether oxygens (including phenoxy) is 1. The second-order valence-corrected chi connectivity index (χ2v) is 6.00. The Morgan fingerprint density at radius 1 is 1.30 bits per heavy atom. The highest BCUT2D eigenvalue weighted by Crippen LogP contribution is 2.29. The number of amides is 1.